The Morgan fingerprint density at radius 3 is 2.63 bits per heavy atom. The van der Waals surface area contributed by atoms with Gasteiger partial charge in [0.05, 0.1) is 12.0 Å². The monoisotopic (exact) mass is 261 g/mol. The van der Waals surface area contributed by atoms with E-state index in [2.05, 4.69) is 0 Å². The predicted molar refractivity (Wildman–Crippen MR) is 71.4 cm³/mol. The molecule has 1 aliphatic rings. The number of hydrogen-bond donors (Lipinski definition) is 1. The smallest absolute Gasteiger partial charge is 0.237 e. The van der Waals surface area contributed by atoms with Crippen molar-refractivity contribution in [3.05, 3.63) is 35.9 Å². The molecular formula is C15H19NO3. The zero-order chi connectivity index (χ0) is 13.8. The van der Waals surface area contributed by atoms with Crippen LogP contribution in [0.1, 0.15) is 37.7 Å². The Balaban J connectivity index is 2.04. The van der Waals surface area contributed by atoms with Gasteiger partial charge in [-0.25, -0.2) is 0 Å². The maximum absolute atomic E-state index is 12.2. The first-order chi connectivity index (χ1) is 9.13. The summed E-state index contributed by atoms with van der Waals surface area (Å²) in [6.07, 6.45) is 0.884. The van der Waals surface area contributed by atoms with Crippen molar-refractivity contribution in [2.45, 2.75) is 38.2 Å². The molecule has 0 saturated carbocycles. The van der Waals surface area contributed by atoms with E-state index in [0.29, 0.717) is 19.4 Å². The van der Waals surface area contributed by atoms with Gasteiger partial charge in [0, 0.05) is 13.0 Å². The minimum atomic E-state index is -0.448. The van der Waals surface area contributed by atoms with Crippen molar-refractivity contribution in [1.29, 1.82) is 0 Å². The fourth-order valence-corrected chi connectivity index (χ4v) is 2.35. The third-order valence-electron chi connectivity index (χ3n) is 3.60. The van der Waals surface area contributed by atoms with Crippen molar-refractivity contribution in [1.82, 2.24) is 4.90 Å². The highest BCUT2D eigenvalue weighted by Crippen LogP contribution is 2.29. The van der Waals surface area contributed by atoms with Gasteiger partial charge in [0.1, 0.15) is 0 Å². The van der Waals surface area contributed by atoms with Gasteiger partial charge >= 0.3 is 0 Å². The van der Waals surface area contributed by atoms with E-state index in [-0.39, 0.29) is 24.2 Å². The largest absolute Gasteiger partial charge is 0.393 e. The number of carbonyl (C=O) groups is 2. The molecule has 1 aromatic carbocycles. The van der Waals surface area contributed by atoms with Crippen molar-refractivity contribution in [2.24, 2.45) is 0 Å². The van der Waals surface area contributed by atoms with Crippen LogP contribution in [0.25, 0.3) is 0 Å². The van der Waals surface area contributed by atoms with Crippen LogP contribution in [0.15, 0.2) is 30.3 Å². The molecular weight excluding hydrogens is 242 g/mol. The number of aliphatic hydroxyl groups excluding tert-OH is 1. The molecule has 0 radical (unpaired) electrons. The van der Waals surface area contributed by atoms with Crippen LogP contribution in [-0.4, -0.2) is 34.5 Å². The third-order valence-corrected chi connectivity index (χ3v) is 3.60. The van der Waals surface area contributed by atoms with E-state index in [4.69, 9.17) is 0 Å². The Morgan fingerprint density at radius 2 is 2.00 bits per heavy atom. The van der Waals surface area contributed by atoms with Crippen LogP contribution in [-0.2, 0) is 9.59 Å². The number of nitrogens with zero attached hydrogens (tertiary/aromatic N) is 1. The summed E-state index contributed by atoms with van der Waals surface area (Å²) in [5, 5.41) is 9.52. The van der Waals surface area contributed by atoms with Crippen LogP contribution in [0.5, 0.6) is 0 Å². The molecule has 1 N–H and O–H groups in total. The van der Waals surface area contributed by atoms with E-state index in [0.717, 1.165) is 5.56 Å². The lowest BCUT2D eigenvalue weighted by molar-refractivity contribution is -0.139. The van der Waals surface area contributed by atoms with E-state index < -0.39 is 6.10 Å². The number of hydrogen-bond acceptors (Lipinski definition) is 3. The van der Waals surface area contributed by atoms with Gasteiger partial charge in [-0.1, -0.05) is 37.3 Å². The molecule has 2 rings (SSSR count). The molecule has 4 heteroatoms. The fourth-order valence-electron chi connectivity index (χ4n) is 2.35. The molecule has 0 aromatic heterocycles. The highest BCUT2D eigenvalue weighted by atomic mass is 16.3. The lowest BCUT2D eigenvalue weighted by Gasteiger charge is -2.16. The number of carbonyl (C=O) groups excluding carboxylic acids is 2. The maximum atomic E-state index is 12.2. The summed E-state index contributed by atoms with van der Waals surface area (Å²) >= 11 is 0. The summed E-state index contributed by atoms with van der Waals surface area (Å²) < 4.78 is 0. The molecule has 0 aliphatic carbocycles. The molecule has 1 heterocycles. The molecule has 1 fully saturated rings. The zero-order valence-electron chi connectivity index (χ0n) is 11.1. The summed E-state index contributed by atoms with van der Waals surface area (Å²) in [5.41, 5.74) is 0.888. The molecule has 2 amide bonds. The molecule has 102 valence electrons. The Hall–Kier alpha value is -1.68. The van der Waals surface area contributed by atoms with Crippen molar-refractivity contribution < 1.29 is 14.7 Å². The highest BCUT2D eigenvalue weighted by molar-refractivity contribution is 6.06. The maximum Gasteiger partial charge on any atom is 0.237 e. The van der Waals surface area contributed by atoms with E-state index in [1.54, 1.807) is 0 Å². The Morgan fingerprint density at radius 1 is 1.32 bits per heavy atom. The van der Waals surface area contributed by atoms with Gasteiger partial charge in [-0.3, -0.25) is 14.5 Å². The van der Waals surface area contributed by atoms with Crippen LogP contribution < -0.4 is 0 Å². The molecule has 1 aromatic rings. The van der Waals surface area contributed by atoms with Gasteiger partial charge in [-0.2, -0.15) is 0 Å². The van der Waals surface area contributed by atoms with Crippen LogP contribution in [0.3, 0.4) is 0 Å². The van der Waals surface area contributed by atoms with Gasteiger partial charge < -0.3 is 5.11 Å². The Labute approximate surface area is 113 Å². The van der Waals surface area contributed by atoms with Crippen LogP contribution in [0, 0.1) is 0 Å². The van der Waals surface area contributed by atoms with Crippen molar-refractivity contribution in [3.8, 4) is 0 Å². The van der Waals surface area contributed by atoms with Gasteiger partial charge in [-0.15, -0.1) is 0 Å². The SMILES string of the molecule is CCC(O)CCN1C(=O)CC(c2ccccc2)C1=O. The summed E-state index contributed by atoms with van der Waals surface area (Å²) in [4.78, 5) is 25.4. The Kier molecular flexibility index (Phi) is 4.32. The molecule has 19 heavy (non-hydrogen) atoms. The summed E-state index contributed by atoms with van der Waals surface area (Å²) in [5.74, 6) is -0.630. The molecule has 0 bridgehead atoms. The summed E-state index contributed by atoms with van der Waals surface area (Å²) in [6, 6.07) is 9.38. The third kappa shape index (κ3) is 3.01. The molecule has 1 saturated heterocycles. The number of imide groups is 1. The second-order valence-corrected chi connectivity index (χ2v) is 4.90. The number of benzene rings is 1. The van der Waals surface area contributed by atoms with Gasteiger partial charge in [-0.05, 0) is 18.4 Å². The average molecular weight is 261 g/mol. The van der Waals surface area contributed by atoms with Gasteiger partial charge in [0.15, 0.2) is 0 Å². The lowest BCUT2D eigenvalue weighted by Crippen LogP contribution is -2.33. The summed E-state index contributed by atoms with van der Waals surface area (Å²) in [6.45, 7) is 2.20. The number of aliphatic hydroxyl groups is 1. The van der Waals surface area contributed by atoms with E-state index in [1.165, 1.54) is 4.90 Å². The standard InChI is InChI=1S/C15H19NO3/c1-2-12(17)8-9-16-14(18)10-13(15(16)19)11-6-4-3-5-7-11/h3-7,12-13,17H,2,8-10H2,1H3. The highest BCUT2D eigenvalue weighted by Gasteiger charge is 2.38. The number of amides is 2. The first-order valence-electron chi connectivity index (χ1n) is 6.70. The van der Waals surface area contributed by atoms with E-state index in [1.807, 2.05) is 37.3 Å². The minimum Gasteiger partial charge on any atom is -0.393 e. The number of likely N-dealkylation sites (tertiary alicyclic amines) is 1. The second-order valence-electron chi connectivity index (χ2n) is 4.90. The lowest BCUT2D eigenvalue weighted by atomic mass is 9.98. The molecule has 2 atom stereocenters. The van der Waals surface area contributed by atoms with Crippen molar-refractivity contribution in [2.75, 3.05) is 6.54 Å². The molecule has 2 unspecified atom stereocenters. The van der Waals surface area contributed by atoms with E-state index in [9.17, 15) is 14.7 Å². The first kappa shape index (κ1) is 13.7. The predicted octanol–water partition coefficient (Wildman–Crippen LogP) is 1.69. The molecule has 1 aliphatic heterocycles. The first-order valence-corrected chi connectivity index (χ1v) is 6.70. The Bertz CT molecular complexity index is 458. The van der Waals surface area contributed by atoms with Crippen molar-refractivity contribution in [3.63, 3.8) is 0 Å². The van der Waals surface area contributed by atoms with Crippen LogP contribution in [0.2, 0.25) is 0 Å². The van der Waals surface area contributed by atoms with Crippen molar-refractivity contribution >= 4 is 11.8 Å². The van der Waals surface area contributed by atoms with Crippen LogP contribution in [0.4, 0.5) is 0 Å². The molecule has 0 spiro atoms. The van der Waals surface area contributed by atoms with E-state index >= 15 is 0 Å². The minimum absolute atomic E-state index is 0.137. The van der Waals surface area contributed by atoms with Gasteiger partial charge in [0.2, 0.25) is 11.8 Å². The van der Waals surface area contributed by atoms with Crippen LogP contribution >= 0.6 is 0 Å². The quantitative estimate of drug-likeness (QED) is 0.821. The second kappa shape index (κ2) is 5.97. The average Bonchev–Trinajstić information content (AvgIpc) is 2.72. The zero-order valence-corrected chi connectivity index (χ0v) is 11.1. The topological polar surface area (TPSA) is 57.6 Å². The molecule has 4 nitrogen and oxygen atoms in total. The van der Waals surface area contributed by atoms with Gasteiger partial charge in [0.25, 0.3) is 0 Å². The summed E-state index contributed by atoms with van der Waals surface area (Å²) in [7, 11) is 0. The normalized spacial score (nSPS) is 20.9. The fraction of sp³-hybridized carbons (Fsp3) is 0.467. The number of rotatable bonds is 5.